The molecular weight excluding hydrogens is 402 g/mol. The van der Waals surface area contributed by atoms with E-state index in [0.29, 0.717) is 11.4 Å². The average Bonchev–Trinajstić information content (AvgIpc) is 2.95. The molecule has 8 heteroatoms. The summed E-state index contributed by atoms with van der Waals surface area (Å²) in [4.78, 5) is 26.0. The molecule has 0 saturated carbocycles. The van der Waals surface area contributed by atoms with Gasteiger partial charge in [0.1, 0.15) is 17.7 Å². The topological polar surface area (TPSA) is 105 Å². The van der Waals surface area contributed by atoms with E-state index in [1.54, 1.807) is 36.7 Å². The molecule has 3 aliphatic heterocycles. The SMILES string of the molecule is N[N+]12C=CN=CC1=C(C1CCCCCN1)N=C2c1ccc(C(=O)Nc2ccccn2)cc1. The molecule has 2 aromatic rings. The zero-order valence-electron chi connectivity index (χ0n) is 17.7. The fourth-order valence-electron chi connectivity index (χ4n) is 4.32. The average molecular weight is 429 g/mol. The number of nitrogens with one attached hydrogen (secondary N) is 2. The van der Waals surface area contributed by atoms with Gasteiger partial charge in [-0.25, -0.2) is 4.98 Å². The first-order valence-electron chi connectivity index (χ1n) is 10.9. The van der Waals surface area contributed by atoms with Gasteiger partial charge in [-0.15, -0.1) is 4.59 Å². The molecule has 3 aliphatic rings. The highest BCUT2D eigenvalue weighted by molar-refractivity contribution is 6.05. The number of hydrogen-bond donors (Lipinski definition) is 3. The van der Waals surface area contributed by atoms with E-state index in [1.807, 2.05) is 30.6 Å². The molecule has 5 rings (SSSR count). The minimum absolute atomic E-state index is 0.0174. The molecule has 2 atom stereocenters. The normalized spacial score (nSPS) is 24.7. The first-order valence-corrected chi connectivity index (χ1v) is 10.9. The van der Waals surface area contributed by atoms with Crippen molar-refractivity contribution in [2.75, 3.05) is 11.9 Å². The van der Waals surface area contributed by atoms with Gasteiger partial charge in [-0.3, -0.25) is 9.79 Å². The van der Waals surface area contributed by atoms with E-state index in [4.69, 9.17) is 10.8 Å². The number of allylic oxidation sites excluding steroid dienone is 1. The number of benzene rings is 1. The van der Waals surface area contributed by atoms with Gasteiger partial charge in [-0.1, -0.05) is 18.9 Å². The number of rotatable bonds is 4. The van der Waals surface area contributed by atoms with Crippen LogP contribution in [0.3, 0.4) is 0 Å². The summed E-state index contributed by atoms with van der Waals surface area (Å²) in [6.45, 7) is 0.976. The van der Waals surface area contributed by atoms with Gasteiger partial charge >= 0.3 is 0 Å². The summed E-state index contributed by atoms with van der Waals surface area (Å²) < 4.78 is -0.0174. The van der Waals surface area contributed by atoms with Crippen LogP contribution in [-0.2, 0) is 0 Å². The Morgan fingerprint density at radius 3 is 2.81 bits per heavy atom. The fraction of sp³-hybridized carbons (Fsp3) is 0.250. The molecule has 0 bridgehead atoms. The van der Waals surface area contributed by atoms with Crippen LogP contribution in [0.4, 0.5) is 5.82 Å². The highest BCUT2D eigenvalue weighted by atomic mass is 16.1. The highest BCUT2D eigenvalue weighted by Crippen LogP contribution is 2.34. The Morgan fingerprint density at radius 2 is 2.00 bits per heavy atom. The van der Waals surface area contributed by atoms with Gasteiger partial charge in [0.2, 0.25) is 5.70 Å². The second kappa shape index (κ2) is 8.58. The maximum absolute atomic E-state index is 12.6. The van der Waals surface area contributed by atoms with E-state index in [1.165, 1.54) is 12.8 Å². The van der Waals surface area contributed by atoms with Gasteiger partial charge in [-0.2, -0.15) is 10.8 Å². The minimum atomic E-state index is -0.215. The molecule has 1 amide bonds. The number of amides is 1. The standard InChI is InChI=1S/C24H25N7O/c25-31-15-14-26-16-20(31)22(19-6-2-1-4-12-27-19)30-23(31)17-8-10-18(11-9-17)24(32)29-21-7-3-5-13-28-21/h3,5,7-11,13-16,19,27H,1-2,4,6,12,25H2/p+1. The monoisotopic (exact) mass is 428 g/mol. The van der Waals surface area contributed by atoms with Crippen molar-refractivity contribution in [1.82, 2.24) is 10.3 Å². The van der Waals surface area contributed by atoms with Crippen LogP contribution in [0.25, 0.3) is 0 Å². The van der Waals surface area contributed by atoms with Gasteiger partial charge in [0.15, 0.2) is 0 Å². The fourth-order valence-corrected chi connectivity index (χ4v) is 4.32. The van der Waals surface area contributed by atoms with Crippen LogP contribution in [0.1, 0.15) is 41.6 Å². The number of pyridine rings is 1. The second-order valence-corrected chi connectivity index (χ2v) is 8.16. The van der Waals surface area contributed by atoms with Crippen molar-refractivity contribution in [2.45, 2.75) is 31.7 Å². The number of quaternary nitrogens is 1. The molecule has 2 unspecified atom stereocenters. The number of nitrogens with two attached hydrogens (primary N) is 1. The number of carbonyl (C=O) groups excluding carboxylic acids is 1. The number of carbonyl (C=O) groups is 1. The molecule has 0 spiro atoms. The molecule has 0 radical (unpaired) electrons. The smallest absolute Gasteiger partial charge is 0.264 e. The number of aliphatic imine (C=N–C) groups is 2. The maximum atomic E-state index is 12.6. The van der Waals surface area contributed by atoms with Crippen molar-refractivity contribution in [3.05, 3.63) is 83.6 Å². The van der Waals surface area contributed by atoms with E-state index < -0.39 is 0 Å². The van der Waals surface area contributed by atoms with Crippen LogP contribution < -0.4 is 16.5 Å². The lowest BCUT2D eigenvalue weighted by atomic mass is 10.1. The van der Waals surface area contributed by atoms with E-state index in [0.717, 1.165) is 42.2 Å². The van der Waals surface area contributed by atoms with E-state index in [9.17, 15) is 4.79 Å². The van der Waals surface area contributed by atoms with E-state index in [-0.39, 0.29) is 16.5 Å². The van der Waals surface area contributed by atoms with Gasteiger partial charge in [-0.05, 0) is 55.8 Å². The Kier molecular flexibility index (Phi) is 5.48. The summed E-state index contributed by atoms with van der Waals surface area (Å²) in [6, 6.07) is 12.9. The molecule has 0 aliphatic carbocycles. The quantitative estimate of drug-likeness (QED) is 0.514. The molecule has 8 nitrogen and oxygen atoms in total. The number of fused-ring (bicyclic) bond motifs is 1. The predicted octanol–water partition coefficient (Wildman–Crippen LogP) is 3.08. The number of anilines is 1. The maximum Gasteiger partial charge on any atom is 0.264 e. The molecule has 4 N–H and O–H groups in total. The summed E-state index contributed by atoms with van der Waals surface area (Å²) >= 11 is 0. The number of amidine groups is 1. The lowest BCUT2D eigenvalue weighted by molar-refractivity contribution is -0.750. The van der Waals surface area contributed by atoms with Crippen molar-refractivity contribution in [1.29, 1.82) is 0 Å². The van der Waals surface area contributed by atoms with Crippen LogP contribution in [0.2, 0.25) is 0 Å². The Morgan fingerprint density at radius 1 is 1.12 bits per heavy atom. The number of hydrogen-bond acceptors (Lipinski definition) is 6. The van der Waals surface area contributed by atoms with Gasteiger partial charge in [0.25, 0.3) is 11.7 Å². The Labute approximate surface area is 186 Å². The molecule has 1 aromatic heterocycles. The summed E-state index contributed by atoms with van der Waals surface area (Å²) in [6.07, 6.45) is 11.6. The Balaban J connectivity index is 1.42. The Hall–Kier alpha value is -3.46. The first kappa shape index (κ1) is 20.4. The van der Waals surface area contributed by atoms with Crippen LogP contribution in [-0.4, -0.2) is 40.1 Å². The second-order valence-electron chi connectivity index (χ2n) is 8.16. The number of nitrogens with zero attached hydrogens (tertiary/aromatic N) is 4. The Bertz CT molecular complexity index is 1130. The summed E-state index contributed by atoms with van der Waals surface area (Å²) in [5, 5.41) is 6.42. The lowest BCUT2D eigenvalue weighted by Gasteiger charge is -2.26. The molecule has 1 fully saturated rings. The number of aromatic nitrogens is 1. The van der Waals surface area contributed by atoms with Crippen LogP contribution in [0.15, 0.2) is 82.4 Å². The summed E-state index contributed by atoms with van der Waals surface area (Å²) in [5.41, 5.74) is 3.24. The van der Waals surface area contributed by atoms with Crippen LogP contribution in [0, 0.1) is 0 Å². The van der Waals surface area contributed by atoms with Crippen molar-refractivity contribution in [3.63, 3.8) is 0 Å². The third-order valence-electron chi connectivity index (χ3n) is 6.02. The zero-order valence-corrected chi connectivity index (χ0v) is 17.7. The molecule has 162 valence electrons. The van der Waals surface area contributed by atoms with E-state index >= 15 is 0 Å². The summed E-state index contributed by atoms with van der Waals surface area (Å²) in [7, 11) is 0. The molecule has 4 heterocycles. The third kappa shape index (κ3) is 3.80. The predicted molar refractivity (Wildman–Crippen MR) is 125 cm³/mol. The molecule has 32 heavy (non-hydrogen) atoms. The zero-order chi connectivity index (χ0) is 22.0. The highest BCUT2D eigenvalue weighted by Gasteiger charge is 2.45. The molecule has 1 saturated heterocycles. The van der Waals surface area contributed by atoms with Crippen molar-refractivity contribution in [3.8, 4) is 0 Å². The van der Waals surface area contributed by atoms with Crippen LogP contribution in [0.5, 0.6) is 0 Å². The van der Waals surface area contributed by atoms with Gasteiger partial charge in [0, 0.05) is 11.8 Å². The van der Waals surface area contributed by atoms with Gasteiger partial charge < -0.3 is 10.6 Å². The first-order chi connectivity index (χ1) is 15.6. The lowest BCUT2D eigenvalue weighted by Crippen LogP contribution is -2.53. The summed E-state index contributed by atoms with van der Waals surface area (Å²) in [5.74, 6) is 7.85. The molecular formula is C24H26N7O+. The largest absolute Gasteiger partial charge is 0.308 e. The van der Waals surface area contributed by atoms with Gasteiger partial charge in [0.05, 0.1) is 24.0 Å². The van der Waals surface area contributed by atoms with Crippen molar-refractivity contribution >= 4 is 23.8 Å². The van der Waals surface area contributed by atoms with Crippen LogP contribution >= 0.6 is 0 Å². The molecule has 1 aromatic carbocycles. The van der Waals surface area contributed by atoms with E-state index in [2.05, 4.69) is 20.6 Å². The third-order valence-corrected chi connectivity index (χ3v) is 6.02. The van der Waals surface area contributed by atoms with Crippen molar-refractivity contribution < 1.29 is 9.39 Å². The van der Waals surface area contributed by atoms with Crippen molar-refractivity contribution in [2.24, 2.45) is 15.8 Å². The minimum Gasteiger partial charge on any atom is -0.308 e.